The number of fused-ring (bicyclic) bond motifs is 1. The van der Waals surface area contributed by atoms with Gasteiger partial charge < -0.3 is 10.0 Å². The number of carbonyl (C=O) groups is 2. The number of rotatable bonds is 8. The zero-order chi connectivity index (χ0) is 17.5. The van der Waals surface area contributed by atoms with E-state index in [-0.39, 0.29) is 18.0 Å². The Labute approximate surface area is 146 Å². The number of likely N-dealkylation sites (N-methyl/N-ethyl adjacent to an activating group) is 1. The molecule has 0 amide bonds. The van der Waals surface area contributed by atoms with Crippen LogP contribution in [0.2, 0.25) is 0 Å². The predicted molar refractivity (Wildman–Crippen MR) is 98.6 cm³/mol. The van der Waals surface area contributed by atoms with Crippen LogP contribution in [0, 0.1) is 0 Å². The Morgan fingerprint density at radius 2 is 1.79 bits per heavy atom. The Hall–Kier alpha value is -1.85. The summed E-state index contributed by atoms with van der Waals surface area (Å²) >= 11 is 1.23. The summed E-state index contributed by atoms with van der Waals surface area (Å²) in [5.41, 5.74) is 1.24. The summed E-state index contributed by atoms with van der Waals surface area (Å²) in [4.78, 5) is 25.8. The van der Waals surface area contributed by atoms with Gasteiger partial charge in [-0.1, -0.05) is 42.1 Å². The Morgan fingerprint density at radius 3 is 2.46 bits per heavy atom. The molecule has 128 valence electrons. The van der Waals surface area contributed by atoms with Gasteiger partial charge >= 0.3 is 5.97 Å². The standard InChI is InChI=1S/C19H23NO3S/c1-20(2)13-12-15-7-3-6-14-8-4-9-16(19(14)15)24-18(23)11-5-10-17(21)22/h3-4,6-9H,5,10-13H2,1-2H3,(H,21,22). The predicted octanol–water partition coefficient (Wildman–Crippen LogP) is 3.82. The van der Waals surface area contributed by atoms with E-state index in [9.17, 15) is 9.59 Å². The fourth-order valence-electron chi connectivity index (χ4n) is 2.58. The maximum atomic E-state index is 12.2. The van der Waals surface area contributed by atoms with Crippen molar-refractivity contribution in [3.05, 3.63) is 42.0 Å². The van der Waals surface area contributed by atoms with Gasteiger partial charge in [0.15, 0.2) is 5.12 Å². The molecule has 4 nitrogen and oxygen atoms in total. The molecule has 0 unspecified atom stereocenters. The van der Waals surface area contributed by atoms with Crippen LogP contribution in [-0.2, 0) is 16.0 Å². The van der Waals surface area contributed by atoms with Crippen molar-refractivity contribution < 1.29 is 14.7 Å². The molecule has 5 heteroatoms. The first-order chi connectivity index (χ1) is 11.5. The van der Waals surface area contributed by atoms with Crippen LogP contribution in [0.4, 0.5) is 0 Å². The van der Waals surface area contributed by atoms with Crippen molar-refractivity contribution in [3.63, 3.8) is 0 Å². The molecule has 0 atom stereocenters. The number of benzene rings is 2. The SMILES string of the molecule is CN(C)CCc1cccc2cccc(SC(=O)CCCC(=O)O)c12. The first-order valence-corrected chi connectivity index (χ1v) is 8.87. The van der Waals surface area contributed by atoms with Crippen LogP contribution in [0.15, 0.2) is 41.3 Å². The molecule has 2 aromatic rings. The van der Waals surface area contributed by atoms with E-state index in [0.29, 0.717) is 6.42 Å². The Morgan fingerprint density at radius 1 is 1.08 bits per heavy atom. The van der Waals surface area contributed by atoms with Gasteiger partial charge in [0.05, 0.1) is 0 Å². The highest BCUT2D eigenvalue weighted by molar-refractivity contribution is 8.13. The van der Waals surface area contributed by atoms with E-state index in [0.717, 1.165) is 28.6 Å². The van der Waals surface area contributed by atoms with E-state index in [4.69, 9.17) is 5.11 Å². The number of thioether (sulfide) groups is 1. The van der Waals surface area contributed by atoms with E-state index in [2.05, 4.69) is 29.2 Å². The second kappa shape index (κ2) is 8.85. The molecule has 0 saturated carbocycles. The number of hydrogen-bond donors (Lipinski definition) is 1. The van der Waals surface area contributed by atoms with E-state index >= 15 is 0 Å². The fourth-order valence-corrected chi connectivity index (χ4v) is 3.57. The second-order valence-electron chi connectivity index (χ2n) is 6.05. The molecule has 0 fully saturated rings. The third-order valence-electron chi connectivity index (χ3n) is 3.78. The highest BCUT2D eigenvalue weighted by atomic mass is 32.2. The normalized spacial score (nSPS) is 11.1. The van der Waals surface area contributed by atoms with E-state index < -0.39 is 5.97 Å². The van der Waals surface area contributed by atoms with E-state index in [1.807, 2.05) is 26.2 Å². The first kappa shape index (κ1) is 18.5. The minimum atomic E-state index is -0.857. The summed E-state index contributed by atoms with van der Waals surface area (Å²) in [5.74, 6) is -0.857. The van der Waals surface area contributed by atoms with Gasteiger partial charge in [0.1, 0.15) is 0 Å². The largest absolute Gasteiger partial charge is 0.481 e. The van der Waals surface area contributed by atoms with Gasteiger partial charge in [0.2, 0.25) is 0 Å². The molecule has 0 spiro atoms. The van der Waals surface area contributed by atoms with Gasteiger partial charge in [0, 0.05) is 24.3 Å². The molecule has 0 saturated heterocycles. The van der Waals surface area contributed by atoms with E-state index in [1.165, 1.54) is 17.3 Å². The van der Waals surface area contributed by atoms with Gasteiger partial charge in [-0.05, 0) is 49.3 Å². The van der Waals surface area contributed by atoms with Crippen molar-refractivity contribution in [1.29, 1.82) is 0 Å². The monoisotopic (exact) mass is 345 g/mol. The lowest BCUT2D eigenvalue weighted by atomic mass is 10.0. The van der Waals surface area contributed by atoms with Crippen LogP contribution >= 0.6 is 11.8 Å². The number of carboxylic acid groups (broad SMARTS) is 1. The van der Waals surface area contributed by atoms with Crippen LogP contribution in [0.3, 0.4) is 0 Å². The molecule has 2 rings (SSSR count). The molecule has 0 aliphatic heterocycles. The maximum absolute atomic E-state index is 12.2. The molecule has 24 heavy (non-hydrogen) atoms. The zero-order valence-corrected chi connectivity index (χ0v) is 14.9. The average Bonchev–Trinajstić information content (AvgIpc) is 2.52. The van der Waals surface area contributed by atoms with Gasteiger partial charge in [-0.3, -0.25) is 9.59 Å². The molecule has 0 bridgehead atoms. The summed E-state index contributed by atoms with van der Waals surface area (Å²) in [5, 5.41) is 11.0. The molecule has 2 aromatic carbocycles. The van der Waals surface area contributed by atoms with Crippen molar-refractivity contribution in [1.82, 2.24) is 4.90 Å². The van der Waals surface area contributed by atoms with Crippen molar-refractivity contribution in [2.75, 3.05) is 20.6 Å². The van der Waals surface area contributed by atoms with Gasteiger partial charge in [0.25, 0.3) is 0 Å². The van der Waals surface area contributed by atoms with Gasteiger partial charge in [-0.2, -0.15) is 0 Å². The fraction of sp³-hybridized carbons (Fsp3) is 0.368. The number of carboxylic acids is 1. The summed E-state index contributed by atoms with van der Waals surface area (Å²) in [7, 11) is 4.10. The van der Waals surface area contributed by atoms with Gasteiger partial charge in [-0.15, -0.1) is 0 Å². The highest BCUT2D eigenvalue weighted by Gasteiger charge is 2.12. The first-order valence-electron chi connectivity index (χ1n) is 8.05. The lowest BCUT2D eigenvalue weighted by Gasteiger charge is -2.13. The number of aliphatic carboxylic acids is 1. The van der Waals surface area contributed by atoms with Crippen LogP contribution in [0.1, 0.15) is 24.8 Å². The summed E-state index contributed by atoms with van der Waals surface area (Å²) in [6.45, 7) is 0.949. The van der Waals surface area contributed by atoms with Crippen LogP contribution < -0.4 is 0 Å². The van der Waals surface area contributed by atoms with Crippen molar-refractivity contribution in [2.45, 2.75) is 30.6 Å². The van der Waals surface area contributed by atoms with Crippen LogP contribution in [0.25, 0.3) is 10.8 Å². The van der Waals surface area contributed by atoms with Crippen LogP contribution in [0.5, 0.6) is 0 Å². The van der Waals surface area contributed by atoms with Crippen molar-refractivity contribution >= 4 is 33.6 Å². The maximum Gasteiger partial charge on any atom is 0.303 e. The van der Waals surface area contributed by atoms with Crippen molar-refractivity contribution in [3.8, 4) is 0 Å². The minimum absolute atomic E-state index is 0.0196. The molecule has 0 aliphatic rings. The average molecular weight is 345 g/mol. The summed E-state index contributed by atoms with van der Waals surface area (Å²) < 4.78 is 0. The number of hydrogen-bond acceptors (Lipinski definition) is 4. The lowest BCUT2D eigenvalue weighted by molar-refractivity contribution is -0.137. The van der Waals surface area contributed by atoms with Crippen LogP contribution in [-0.4, -0.2) is 41.7 Å². The Balaban J connectivity index is 2.19. The third-order valence-corrected chi connectivity index (χ3v) is 4.77. The number of nitrogens with zero attached hydrogens (tertiary/aromatic N) is 1. The molecule has 0 aromatic heterocycles. The lowest BCUT2D eigenvalue weighted by Crippen LogP contribution is -2.15. The molecule has 0 heterocycles. The van der Waals surface area contributed by atoms with Gasteiger partial charge in [-0.25, -0.2) is 0 Å². The Bertz CT molecular complexity index is 722. The Kier molecular flexibility index (Phi) is 6.82. The smallest absolute Gasteiger partial charge is 0.303 e. The van der Waals surface area contributed by atoms with Crippen molar-refractivity contribution in [2.24, 2.45) is 0 Å². The molecule has 0 radical (unpaired) electrons. The topological polar surface area (TPSA) is 57.6 Å². The molecular weight excluding hydrogens is 322 g/mol. The molecule has 0 aliphatic carbocycles. The quantitative estimate of drug-likeness (QED) is 0.737. The third kappa shape index (κ3) is 5.35. The summed E-state index contributed by atoms with van der Waals surface area (Å²) in [6, 6.07) is 12.2. The molecular formula is C19H23NO3S. The second-order valence-corrected chi connectivity index (χ2v) is 7.15. The summed E-state index contributed by atoms with van der Waals surface area (Å²) in [6.07, 6.45) is 1.64. The highest BCUT2D eigenvalue weighted by Crippen LogP contribution is 2.32. The minimum Gasteiger partial charge on any atom is -0.481 e. The van der Waals surface area contributed by atoms with E-state index in [1.54, 1.807) is 0 Å². The molecule has 1 N–H and O–H groups in total. The number of carbonyl (C=O) groups excluding carboxylic acids is 1. The zero-order valence-electron chi connectivity index (χ0n) is 14.1.